The van der Waals surface area contributed by atoms with E-state index in [0.29, 0.717) is 13.2 Å². The molecular formula is C42H50N2O3. The molecule has 0 aliphatic heterocycles. The van der Waals surface area contributed by atoms with Crippen molar-refractivity contribution in [1.82, 2.24) is 9.97 Å². The number of hydrogen-bond acceptors (Lipinski definition) is 5. The molecule has 246 valence electrons. The van der Waals surface area contributed by atoms with E-state index in [1.165, 1.54) is 64.2 Å². The number of nitrogens with zero attached hydrogens (tertiary/aromatic N) is 2. The summed E-state index contributed by atoms with van der Waals surface area (Å²) in [6.07, 6.45) is 14.7. The van der Waals surface area contributed by atoms with E-state index in [2.05, 4.69) is 38.1 Å². The molecule has 0 bridgehead atoms. The Kier molecular flexibility index (Phi) is 13.1. The van der Waals surface area contributed by atoms with E-state index in [1.807, 2.05) is 54.6 Å². The number of benzene rings is 4. The van der Waals surface area contributed by atoms with Gasteiger partial charge in [-0.1, -0.05) is 127 Å². The van der Waals surface area contributed by atoms with E-state index in [-0.39, 0.29) is 5.75 Å². The molecule has 5 nitrogen and oxygen atoms in total. The van der Waals surface area contributed by atoms with E-state index in [9.17, 15) is 5.11 Å². The zero-order chi connectivity index (χ0) is 32.7. The van der Waals surface area contributed by atoms with E-state index in [0.717, 1.165) is 69.0 Å². The van der Waals surface area contributed by atoms with Gasteiger partial charge in [-0.05, 0) is 60.9 Å². The van der Waals surface area contributed by atoms with E-state index < -0.39 is 0 Å². The molecule has 0 fully saturated rings. The molecule has 0 spiro atoms. The highest BCUT2D eigenvalue weighted by Crippen LogP contribution is 2.37. The van der Waals surface area contributed by atoms with Crippen LogP contribution in [0.25, 0.3) is 44.7 Å². The SMILES string of the molecule is CCCCCCCCOc1cccc(-c2nc3cccc(-c4cccc(O)c4)c3nc2-c2cccc(OCCCCCCCC)c2)c1. The quantitative estimate of drug-likeness (QED) is 0.0920. The Hall–Kier alpha value is -4.38. The second-order valence-corrected chi connectivity index (χ2v) is 12.4. The Balaban J connectivity index is 1.46. The third-order valence-electron chi connectivity index (χ3n) is 8.60. The standard InChI is InChI=1S/C42H50N2O3/c1-3-5-7-9-11-13-27-46-36-23-16-20-33(30-36)40-41(34-21-17-24-37(31-34)47-28-14-12-10-8-6-4-2)44-42-38(25-18-26-39(42)43-40)32-19-15-22-35(45)29-32/h15-26,29-31,45H,3-14,27-28H2,1-2H3. The van der Waals surface area contributed by atoms with Gasteiger partial charge in [0.25, 0.3) is 0 Å². The molecule has 5 heteroatoms. The smallest absolute Gasteiger partial charge is 0.119 e. The number of phenolic OH excluding ortho intramolecular Hbond substituents is 1. The van der Waals surface area contributed by atoms with Crippen LogP contribution < -0.4 is 9.47 Å². The van der Waals surface area contributed by atoms with Crippen LogP contribution in [0.5, 0.6) is 17.2 Å². The van der Waals surface area contributed by atoms with Gasteiger partial charge in [-0.2, -0.15) is 0 Å². The second-order valence-electron chi connectivity index (χ2n) is 12.4. The molecule has 47 heavy (non-hydrogen) atoms. The summed E-state index contributed by atoms with van der Waals surface area (Å²) in [5, 5.41) is 10.2. The van der Waals surface area contributed by atoms with Gasteiger partial charge >= 0.3 is 0 Å². The fourth-order valence-electron chi connectivity index (χ4n) is 6.00. The first-order valence-electron chi connectivity index (χ1n) is 17.7. The molecule has 1 N–H and O–H groups in total. The third-order valence-corrected chi connectivity index (χ3v) is 8.60. The minimum atomic E-state index is 0.220. The van der Waals surface area contributed by atoms with Gasteiger partial charge < -0.3 is 14.6 Å². The maximum Gasteiger partial charge on any atom is 0.119 e. The molecule has 1 heterocycles. The largest absolute Gasteiger partial charge is 0.508 e. The van der Waals surface area contributed by atoms with Crippen molar-refractivity contribution in [1.29, 1.82) is 0 Å². The molecule has 0 atom stereocenters. The highest BCUT2D eigenvalue weighted by atomic mass is 16.5. The predicted octanol–water partition coefficient (Wildman–Crippen LogP) is 11.8. The van der Waals surface area contributed by atoms with Gasteiger partial charge in [0.1, 0.15) is 17.2 Å². The lowest BCUT2D eigenvalue weighted by Crippen LogP contribution is -2.00. The summed E-state index contributed by atoms with van der Waals surface area (Å²) in [6.45, 7) is 5.90. The van der Waals surface area contributed by atoms with Crippen LogP contribution in [0, 0.1) is 0 Å². The van der Waals surface area contributed by atoms with Crippen molar-refractivity contribution in [2.45, 2.75) is 90.9 Å². The first-order chi connectivity index (χ1) is 23.2. The lowest BCUT2D eigenvalue weighted by atomic mass is 10.0. The van der Waals surface area contributed by atoms with Gasteiger partial charge in [0.2, 0.25) is 0 Å². The molecule has 0 aliphatic rings. The van der Waals surface area contributed by atoms with E-state index >= 15 is 0 Å². The zero-order valence-electron chi connectivity index (χ0n) is 28.2. The minimum absolute atomic E-state index is 0.220. The average Bonchev–Trinajstić information content (AvgIpc) is 3.10. The highest BCUT2D eigenvalue weighted by molar-refractivity contribution is 5.95. The van der Waals surface area contributed by atoms with Gasteiger partial charge in [0.15, 0.2) is 0 Å². The number of para-hydroxylation sites is 1. The van der Waals surface area contributed by atoms with Gasteiger partial charge in [0.05, 0.1) is 35.6 Å². The molecule has 0 saturated heterocycles. The molecule has 5 rings (SSSR count). The summed E-state index contributed by atoms with van der Waals surface area (Å²) in [7, 11) is 0. The summed E-state index contributed by atoms with van der Waals surface area (Å²) in [5.74, 6) is 1.90. The fraction of sp³-hybridized carbons (Fsp3) is 0.381. The highest BCUT2D eigenvalue weighted by Gasteiger charge is 2.17. The first-order valence-corrected chi connectivity index (χ1v) is 17.7. The molecule has 0 unspecified atom stereocenters. The fourth-order valence-corrected chi connectivity index (χ4v) is 6.00. The monoisotopic (exact) mass is 630 g/mol. The van der Waals surface area contributed by atoms with Crippen LogP contribution >= 0.6 is 0 Å². The van der Waals surface area contributed by atoms with E-state index in [4.69, 9.17) is 19.4 Å². The molecule has 1 aromatic heterocycles. The summed E-state index contributed by atoms with van der Waals surface area (Å²) in [6, 6.07) is 29.7. The number of ether oxygens (including phenoxy) is 2. The van der Waals surface area contributed by atoms with Crippen molar-refractivity contribution in [3.05, 3.63) is 91.0 Å². The Morgan fingerprint density at radius 2 is 1.02 bits per heavy atom. The van der Waals surface area contributed by atoms with Crippen molar-refractivity contribution < 1.29 is 14.6 Å². The van der Waals surface area contributed by atoms with Crippen molar-refractivity contribution in [3.8, 4) is 50.9 Å². The van der Waals surface area contributed by atoms with Crippen molar-refractivity contribution in [3.63, 3.8) is 0 Å². The van der Waals surface area contributed by atoms with Crippen LogP contribution in [-0.4, -0.2) is 28.3 Å². The molecule has 5 aromatic rings. The number of hydrogen-bond donors (Lipinski definition) is 1. The lowest BCUT2D eigenvalue weighted by molar-refractivity contribution is 0.304. The molecule has 0 saturated carbocycles. The van der Waals surface area contributed by atoms with Crippen LogP contribution in [0.4, 0.5) is 0 Å². The molecule has 4 aromatic carbocycles. The Morgan fingerprint density at radius 1 is 0.511 bits per heavy atom. The first kappa shape index (κ1) is 34.0. The van der Waals surface area contributed by atoms with Gasteiger partial charge in [-0.25, -0.2) is 9.97 Å². The van der Waals surface area contributed by atoms with Gasteiger partial charge in [-0.15, -0.1) is 0 Å². The lowest BCUT2D eigenvalue weighted by Gasteiger charge is -2.15. The van der Waals surface area contributed by atoms with Crippen molar-refractivity contribution >= 4 is 11.0 Å². The summed E-state index contributed by atoms with van der Waals surface area (Å²) in [5.41, 5.74) is 6.86. The molecule has 0 aliphatic carbocycles. The van der Waals surface area contributed by atoms with Crippen LogP contribution in [0.2, 0.25) is 0 Å². The van der Waals surface area contributed by atoms with Crippen molar-refractivity contribution in [2.75, 3.05) is 13.2 Å². The average molecular weight is 631 g/mol. The van der Waals surface area contributed by atoms with Crippen LogP contribution in [0.3, 0.4) is 0 Å². The zero-order valence-corrected chi connectivity index (χ0v) is 28.2. The Bertz CT molecular complexity index is 1700. The Labute approximate surface area is 281 Å². The number of aromatic nitrogens is 2. The van der Waals surface area contributed by atoms with Crippen LogP contribution in [0.15, 0.2) is 91.0 Å². The van der Waals surface area contributed by atoms with Gasteiger partial charge in [0, 0.05) is 16.7 Å². The maximum absolute atomic E-state index is 10.2. The number of rotatable bonds is 19. The molecule has 0 amide bonds. The third kappa shape index (κ3) is 9.81. The van der Waals surface area contributed by atoms with Crippen LogP contribution in [0.1, 0.15) is 90.9 Å². The minimum Gasteiger partial charge on any atom is -0.508 e. The van der Waals surface area contributed by atoms with Crippen molar-refractivity contribution in [2.24, 2.45) is 0 Å². The normalized spacial score (nSPS) is 11.2. The topological polar surface area (TPSA) is 64.5 Å². The number of phenols is 1. The number of fused-ring (bicyclic) bond motifs is 1. The Morgan fingerprint density at radius 3 is 1.62 bits per heavy atom. The number of unbranched alkanes of at least 4 members (excludes halogenated alkanes) is 10. The number of aromatic hydroxyl groups is 1. The van der Waals surface area contributed by atoms with E-state index in [1.54, 1.807) is 12.1 Å². The summed E-state index contributed by atoms with van der Waals surface area (Å²) < 4.78 is 12.4. The second kappa shape index (κ2) is 18.1. The summed E-state index contributed by atoms with van der Waals surface area (Å²) in [4.78, 5) is 10.5. The van der Waals surface area contributed by atoms with Crippen LogP contribution in [-0.2, 0) is 0 Å². The van der Waals surface area contributed by atoms with Gasteiger partial charge in [-0.3, -0.25) is 0 Å². The molecule has 0 radical (unpaired) electrons. The predicted molar refractivity (Wildman–Crippen MR) is 195 cm³/mol. The maximum atomic E-state index is 10.2. The summed E-state index contributed by atoms with van der Waals surface area (Å²) >= 11 is 0. The molecular weight excluding hydrogens is 580 g/mol.